The van der Waals surface area contributed by atoms with E-state index >= 15 is 0 Å². The summed E-state index contributed by atoms with van der Waals surface area (Å²) in [6.45, 7) is 6.16. The monoisotopic (exact) mass is 360 g/mol. The molecule has 2 N–H and O–H groups in total. The smallest absolute Gasteiger partial charge is 0.124 e. The lowest BCUT2D eigenvalue weighted by atomic mass is 9.97. The highest BCUT2D eigenvalue weighted by Gasteiger charge is 2.14. The third-order valence-corrected chi connectivity index (χ3v) is 4.98. The number of halogens is 1. The van der Waals surface area contributed by atoms with Crippen LogP contribution in [0.1, 0.15) is 47.6 Å². The van der Waals surface area contributed by atoms with Crippen LogP contribution in [0.15, 0.2) is 36.4 Å². The minimum Gasteiger partial charge on any atom is -0.496 e. The first-order chi connectivity index (χ1) is 11.7. The summed E-state index contributed by atoms with van der Waals surface area (Å²) in [6, 6.07) is 13.6. The number of nitrogens with one attached hydrogen (secondary N) is 2. The first kappa shape index (κ1) is 19.6. The molecule has 0 aromatic heterocycles. The summed E-state index contributed by atoms with van der Waals surface area (Å²) < 4.78 is 5.54. The van der Waals surface area contributed by atoms with Crippen LogP contribution in [0.4, 0.5) is 5.69 Å². The summed E-state index contributed by atoms with van der Waals surface area (Å²) in [7, 11) is 1.74. The van der Waals surface area contributed by atoms with E-state index in [0.717, 1.165) is 18.8 Å². The van der Waals surface area contributed by atoms with Crippen molar-refractivity contribution < 1.29 is 4.74 Å². The highest BCUT2D eigenvalue weighted by molar-refractivity contribution is 5.85. The lowest BCUT2D eigenvalue weighted by Gasteiger charge is -2.24. The fourth-order valence-corrected chi connectivity index (χ4v) is 3.38. The number of ether oxygens (including phenoxy) is 1. The van der Waals surface area contributed by atoms with Crippen molar-refractivity contribution in [3.05, 3.63) is 58.7 Å². The van der Waals surface area contributed by atoms with E-state index in [1.807, 2.05) is 0 Å². The third-order valence-electron chi connectivity index (χ3n) is 4.98. The SMILES string of the molecule is COc1cc(C)c(C)cc1CNc1cccc([C@@H]2CCCCN2)c1.Cl. The van der Waals surface area contributed by atoms with Gasteiger partial charge in [0.2, 0.25) is 0 Å². The van der Waals surface area contributed by atoms with Gasteiger partial charge >= 0.3 is 0 Å². The topological polar surface area (TPSA) is 33.3 Å². The summed E-state index contributed by atoms with van der Waals surface area (Å²) in [5.41, 5.74) is 6.31. The van der Waals surface area contributed by atoms with E-state index in [9.17, 15) is 0 Å². The molecule has 4 heteroatoms. The Morgan fingerprint density at radius 2 is 1.92 bits per heavy atom. The molecular formula is C21H29ClN2O. The molecule has 136 valence electrons. The number of anilines is 1. The molecule has 0 radical (unpaired) electrons. The number of hydrogen-bond donors (Lipinski definition) is 2. The van der Waals surface area contributed by atoms with Crippen LogP contribution in [0.25, 0.3) is 0 Å². The van der Waals surface area contributed by atoms with Crippen molar-refractivity contribution >= 4 is 18.1 Å². The molecule has 0 spiro atoms. The molecule has 0 bridgehead atoms. The number of benzene rings is 2. The third kappa shape index (κ3) is 4.90. The molecular weight excluding hydrogens is 332 g/mol. The Hall–Kier alpha value is -1.71. The molecule has 1 fully saturated rings. The van der Waals surface area contributed by atoms with E-state index in [4.69, 9.17) is 4.74 Å². The van der Waals surface area contributed by atoms with E-state index in [0.29, 0.717) is 6.04 Å². The van der Waals surface area contributed by atoms with Gasteiger partial charge in [0.05, 0.1) is 7.11 Å². The molecule has 0 aliphatic carbocycles. The molecule has 1 heterocycles. The molecule has 2 aromatic rings. The van der Waals surface area contributed by atoms with Gasteiger partial charge in [-0.2, -0.15) is 0 Å². The van der Waals surface area contributed by atoms with Crippen LogP contribution in [0.5, 0.6) is 5.75 Å². The van der Waals surface area contributed by atoms with E-state index in [1.54, 1.807) is 7.11 Å². The van der Waals surface area contributed by atoms with Gasteiger partial charge in [-0.25, -0.2) is 0 Å². The molecule has 25 heavy (non-hydrogen) atoms. The van der Waals surface area contributed by atoms with Crippen LogP contribution in [-0.2, 0) is 6.54 Å². The summed E-state index contributed by atoms with van der Waals surface area (Å²) in [6.07, 6.45) is 3.84. The fourth-order valence-electron chi connectivity index (χ4n) is 3.38. The maximum absolute atomic E-state index is 5.54. The average Bonchev–Trinajstić information content (AvgIpc) is 2.63. The van der Waals surface area contributed by atoms with Gasteiger partial charge in [-0.05, 0) is 68.1 Å². The second kappa shape index (κ2) is 9.12. The lowest BCUT2D eigenvalue weighted by Crippen LogP contribution is -2.26. The predicted molar refractivity (Wildman–Crippen MR) is 108 cm³/mol. The van der Waals surface area contributed by atoms with Crippen molar-refractivity contribution in [2.45, 2.75) is 45.7 Å². The Labute approximate surface area is 157 Å². The van der Waals surface area contributed by atoms with Crippen molar-refractivity contribution in [1.29, 1.82) is 0 Å². The first-order valence-electron chi connectivity index (χ1n) is 8.88. The highest BCUT2D eigenvalue weighted by Crippen LogP contribution is 2.27. The maximum atomic E-state index is 5.54. The van der Waals surface area contributed by atoms with Crippen molar-refractivity contribution in [2.75, 3.05) is 19.0 Å². The molecule has 1 atom stereocenters. The molecule has 1 saturated heterocycles. The van der Waals surface area contributed by atoms with Gasteiger partial charge in [-0.1, -0.05) is 24.6 Å². The first-order valence-corrected chi connectivity index (χ1v) is 8.88. The Balaban J connectivity index is 0.00000225. The lowest BCUT2D eigenvalue weighted by molar-refractivity contribution is 0.410. The zero-order chi connectivity index (χ0) is 16.9. The van der Waals surface area contributed by atoms with E-state index in [2.05, 4.69) is 60.9 Å². The van der Waals surface area contributed by atoms with Gasteiger partial charge in [0.25, 0.3) is 0 Å². The summed E-state index contributed by atoms with van der Waals surface area (Å²) in [5, 5.41) is 7.17. The van der Waals surface area contributed by atoms with Gasteiger partial charge in [-0.15, -0.1) is 12.4 Å². The second-order valence-electron chi connectivity index (χ2n) is 6.73. The summed E-state index contributed by atoms with van der Waals surface area (Å²) in [4.78, 5) is 0. The quantitative estimate of drug-likeness (QED) is 0.772. The minimum absolute atomic E-state index is 0. The molecule has 2 aromatic carbocycles. The van der Waals surface area contributed by atoms with Crippen LogP contribution in [0, 0.1) is 13.8 Å². The molecule has 0 saturated carbocycles. The van der Waals surface area contributed by atoms with Crippen molar-refractivity contribution in [3.63, 3.8) is 0 Å². The summed E-state index contributed by atoms with van der Waals surface area (Å²) >= 11 is 0. The Morgan fingerprint density at radius 3 is 2.64 bits per heavy atom. The van der Waals surface area contributed by atoms with Crippen molar-refractivity contribution in [3.8, 4) is 5.75 Å². The number of hydrogen-bond acceptors (Lipinski definition) is 3. The fraction of sp³-hybridized carbons (Fsp3) is 0.429. The minimum atomic E-state index is 0. The van der Waals surface area contributed by atoms with Crippen LogP contribution in [-0.4, -0.2) is 13.7 Å². The van der Waals surface area contributed by atoms with Crippen LogP contribution in [0.3, 0.4) is 0 Å². The molecule has 3 nitrogen and oxygen atoms in total. The highest BCUT2D eigenvalue weighted by atomic mass is 35.5. The maximum Gasteiger partial charge on any atom is 0.124 e. The molecule has 0 amide bonds. The van der Waals surface area contributed by atoms with Crippen LogP contribution >= 0.6 is 12.4 Å². The van der Waals surface area contributed by atoms with Gasteiger partial charge in [0, 0.05) is 23.8 Å². The Kier molecular flexibility index (Phi) is 7.15. The van der Waals surface area contributed by atoms with Gasteiger partial charge in [-0.3, -0.25) is 0 Å². The molecule has 1 aliphatic rings. The van der Waals surface area contributed by atoms with Crippen LogP contribution in [0.2, 0.25) is 0 Å². The molecule has 1 aliphatic heterocycles. The van der Waals surface area contributed by atoms with Gasteiger partial charge in [0.15, 0.2) is 0 Å². The van der Waals surface area contributed by atoms with E-state index in [-0.39, 0.29) is 12.4 Å². The average molecular weight is 361 g/mol. The molecule has 0 unspecified atom stereocenters. The number of methoxy groups -OCH3 is 1. The van der Waals surface area contributed by atoms with Gasteiger partial charge < -0.3 is 15.4 Å². The zero-order valence-corrected chi connectivity index (χ0v) is 16.2. The van der Waals surface area contributed by atoms with Crippen LogP contribution < -0.4 is 15.4 Å². The van der Waals surface area contributed by atoms with Gasteiger partial charge in [0.1, 0.15) is 5.75 Å². The van der Waals surface area contributed by atoms with Crippen molar-refractivity contribution in [2.24, 2.45) is 0 Å². The largest absolute Gasteiger partial charge is 0.496 e. The molecule has 3 rings (SSSR count). The van der Waals surface area contributed by atoms with E-state index in [1.165, 1.54) is 47.2 Å². The number of aryl methyl sites for hydroxylation is 2. The second-order valence-corrected chi connectivity index (χ2v) is 6.73. The number of rotatable bonds is 5. The Bertz CT molecular complexity index is 696. The normalized spacial score (nSPS) is 16.8. The Morgan fingerprint density at radius 1 is 1.12 bits per heavy atom. The van der Waals surface area contributed by atoms with E-state index < -0.39 is 0 Å². The van der Waals surface area contributed by atoms with Crippen molar-refractivity contribution in [1.82, 2.24) is 5.32 Å². The summed E-state index contributed by atoms with van der Waals surface area (Å²) in [5.74, 6) is 0.954. The predicted octanol–water partition coefficient (Wildman–Crippen LogP) is 5.16. The zero-order valence-electron chi connectivity index (χ0n) is 15.4. The standard InChI is InChI=1S/C21H28N2O.ClH/c1-15-11-18(21(24-3)12-16(15)2)14-23-19-8-6-7-17(13-19)20-9-4-5-10-22-20;/h6-8,11-13,20,22-23H,4-5,9-10,14H2,1-3H3;1H/t20-;/m0./s1. The number of piperidine rings is 1.